The molecule has 1 aliphatic rings. The number of nitrogens with zero attached hydrogens (tertiary/aromatic N) is 1. The molecule has 1 unspecified atom stereocenters. The normalized spacial score (nSPS) is 18.1. The molecule has 1 saturated heterocycles. The Hall–Kier alpha value is -1.26. The molecule has 1 aromatic carbocycles. The van der Waals surface area contributed by atoms with Gasteiger partial charge >= 0.3 is 0 Å². The number of nitrogens with one attached hydrogen (secondary N) is 1. The number of rotatable bonds is 4. The second-order valence-corrected chi connectivity index (χ2v) is 6.50. The van der Waals surface area contributed by atoms with E-state index in [0.29, 0.717) is 29.6 Å². The molecule has 2 rings (SSSR count). The molecule has 0 radical (unpaired) electrons. The third kappa shape index (κ3) is 4.89. The summed E-state index contributed by atoms with van der Waals surface area (Å²) in [6, 6.07) is 5.37. The van der Waals surface area contributed by atoms with Crippen LogP contribution in [0.4, 0.5) is 0 Å². The first-order valence-corrected chi connectivity index (χ1v) is 8.19. The van der Waals surface area contributed by atoms with Gasteiger partial charge in [-0.05, 0) is 43.0 Å². The average molecular weight is 343 g/mol. The number of piperidine rings is 1. The molecule has 1 heterocycles. The number of amides is 2. The summed E-state index contributed by atoms with van der Waals surface area (Å²) < 4.78 is 0. The van der Waals surface area contributed by atoms with E-state index in [1.807, 2.05) is 12.1 Å². The van der Waals surface area contributed by atoms with Gasteiger partial charge in [0.15, 0.2) is 0 Å². The van der Waals surface area contributed by atoms with E-state index in [-0.39, 0.29) is 17.7 Å². The maximum atomic E-state index is 12.2. The third-order valence-electron chi connectivity index (χ3n) is 3.87. The standard InChI is InChI=1S/C16H20Cl2N2O2/c1-11(21)20-6-2-3-13(10-20)16(22)19-5-4-12-7-14(17)9-15(18)8-12/h7-9,13H,2-6,10H2,1H3,(H,19,22). The van der Waals surface area contributed by atoms with Crippen molar-refractivity contribution in [2.24, 2.45) is 5.92 Å². The molecule has 0 bridgehead atoms. The molecular weight excluding hydrogens is 323 g/mol. The predicted molar refractivity (Wildman–Crippen MR) is 88.2 cm³/mol. The number of likely N-dealkylation sites (tertiary alicyclic amines) is 1. The molecule has 1 N–H and O–H groups in total. The second-order valence-electron chi connectivity index (χ2n) is 5.62. The molecule has 2 amide bonds. The lowest BCUT2D eigenvalue weighted by atomic mass is 9.97. The first-order chi connectivity index (χ1) is 10.5. The van der Waals surface area contributed by atoms with Crippen LogP contribution in [0.5, 0.6) is 0 Å². The molecular formula is C16H20Cl2N2O2. The number of carbonyl (C=O) groups is 2. The smallest absolute Gasteiger partial charge is 0.224 e. The van der Waals surface area contributed by atoms with Gasteiger partial charge in [-0.15, -0.1) is 0 Å². The van der Waals surface area contributed by atoms with Gasteiger partial charge in [0, 0.05) is 36.6 Å². The zero-order chi connectivity index (χ0) is 16.1. The molecule has 0 aromatic heterocycles. The topological polar surface area (TPSA) is 49.4 Å². The maximum Gasteiger partial charge on any atom is 0.224 e. The van der Waals surface area contributed by atoms with E-state index in [2.05, 4.69) is 5.32 Å². The number of hydrogen-bond donors (Lipinski definition) is 1. The van der Waals surface area contributed by atoms with E-state index in [0.717, 1.165) is 24.9 Å². The third-order valence-corrected chi connectivity index (χ3v) is 4.31. The van der Waals surface area contributed by atoms with Gasteiger partial charge < -0.3 is 10.2 Å². The van der Waals surface area contributed by atoms with Crippen molar-refractivity contribution in [2.45, 2.75) is 26.2 Å². The highest BCUT2D eigenvalue weighted by atomic mass is 35.5. The van der Waals surface area contributed by atoms with E-state index in [1.165, 1.54) is 0 Å². The summed E-state index contributed by atoms with van der Waals surface area (Å²) in [7, 11) is 0. The summed E-state index contributed by atoms with van der Waals surface area (Å²) in [5, 5.41) is 4.13. The number of benzene rings is 1. The summed E-state index contributed by atoms with van der Waals surface area (Å²) in [6.45, 7) is 3.35. The van der Waals surface area contributed by atoms with E-state index in [9.17, 15) is 9.59 Å². The van der Waals surface area contributed by atoms with Crippen molar-refractivity contribution in [1.29, 1.82) is 0 Å². The van der Waals surface area contributed by atoms with Crippen LogP contribution in [-0.4, -0.2) is 36.3 Å². The molecule has 6 heteroatoms. The van der Waals surface area contributed by atoms with Crippen LogP contribution in [0.25, 0.3) is 0 Å². The van der Waals surface area contributed by atoms with Crippen LogP contribution in [0, 0.1) is 5.92 Å². The van der Waals surface area contributed by atoms with Crippen molar-refractivity contribution < 1.29 is 9.59 Å². The van der Waals surface area contributed by atoms with Crippen molar-refractivity contribution in [3.63, 3.8) is 0 Å². The minimum absolute atomic E-state index is 0.0130. The quantitative estimate of drug-likeness (QED) is 0.914. The Kier molecular flexibility index (Phi) is 6.09. The summed E-state index contributed by atoms with van der Waals surface area (Å²) >= 11 is 11.9. The Labute approximate surface area is 140 Å². The molecule has 4 nitrogen and oxygen atoms in total. The van der Waals surface area contributed by atoms with Crippen LogP contribution >= 0.6 is 23.2 Å². The zero-order valence-corrected chi connectivity index (χ0v) is 14.1. The van der Waals surface area contributed by atoms with Crippen molar-refractivity contribution in [3.05, 3.63) is 33.8 Å². The Balaban J connectivity index is 1.81. The van der Waals surface area contributed by atoms with Gasteiger partial charge in [0.2, 0.25) is 11.8 Å². The van der Waals surface area contributed by atoms with Crippen LogP contribution in [-0.2, 0) is 16.0 Å². The lowest BCUT2D eigenvalue weighted by Gasteiger charge is -2.31. The minimum Gasteiger partial charge on any atom is -0.355 e. The monoisotopic (exact) mass is 342 g/mol. The lowest BCUT2D eigenvalue weighted by Crippen LogP contribution is -2.45. The number of carbonyl (C=O) groups excluding carboxylic acids is 2. The van der Waals surface area contributed by atoms with E-state index < -0.39 is 0 Å². The van der Waals surface area contributed by atoms with Crippen molar-refractivity contribution >= 4 is 35.0 Å². The van der Waals surface area contributed by atoms with Gasteiger partial charge in [0.1, 0.15) is 0 Å². The second kappa shape index (κ2) is 7.84. The van der Waals surface area contributed by atoms with Gasteiger partial charge in [0.05, 0.1) is 5.92 Å². The predicted octanol–water partition coefficient (Wildman–Crippen LogP) is 2.91. The van der Waals surface area contributed by atoms with E-state index in [4.69, 9.17) is 23.2 Å². The first-order valence-electron chi connectivity index (χ1n) is 7.44. The van der Waals surface area contributed by atoms with Gasteiger partial charge in [0.25, 0.3) is 0 Å². The van der Waals surface area contributed by atoms with Crippen molar-refractivity contribution in [1.82, 2.24) is 10.2 Å². The zero-order valence-electron chi connectivity index (χ0n) is 12.6. The summed E-state index contributed by atoms with van der Waals surface area (Å²) in [6.07, 6.45) is 2.38. The highest BCUT2D eigenvalue weighted by Gasteiger charge is 2.26. The molecule has 22 heavy (non-hydrogen) atoms. The Morgan fingerprint density at radius 2 is 1.95 bits per heavy atom. The fraction of sp³-hybridized carbons (Fsp3) is 0.500. The van der Waals surface area contributed by atoms with Crippen LogP contribution in [0.15, 0.2) is 18.2 Å². The Bertz CT molecular complexity index is 543. The fourth-order valence-electron chi connectivity index (χ4n) is 2.71. The molecule has 0 saturated carbocycles. The fourth-order valence-corrected chi connectivity index (χ4v) is 3.28. The van der Waals surface area contributed by atoms with Crippen LogP contribution < -0.4 is 5.32 Å². The highest BCUT2D eigenvalue weighted by molar-refractivity contribution is 6.34. The Morgan fingerprint density at radius 1 is 1.27 bits per heavy atom. The van der Waals surface area contributed by atoms with Gasteiger partial charge in [-0.3, -0.25) is 9.59 Å². The Morgan fingerprint density at radius 3 is 2.59 bits per heavy atom. The molecule has 0 spiro atoms. The van der Waals surface area contributed by atoms with Gasteiger partial charge in [-0.2, -0.15) is 0 Å². The van der Waals surface area contributed by atoms with Gasteiger partial charge in [-0.25, -0.2) is 0 Å². The average Bonchev–Trinajstić information content (AvgIpc) is 2.46. The van der Waals surface area contributed by atoms with Crippen LogP contribution in [0.2, 0.25) is 10.0 Å². The largest absolute Gasteiger partial charge is 0.355 e. The molecule has 1 atom stereocenters. The SMILES string of the molecule is CC(=O)N1CCCC(C(=O)NCCc2cc(Cl)cc(Cl)c2)C1. The molecule has 0 aliphatic carbocycles. The van der Waals surface area contributed by atoms with Crippen molar-refractivity contribution in [3.8, 4) is 0 Å². The summed E-state index contributed by atoms with van der Waals surface area (Å²) in [5.74, 6) is -0.0641. The molecule has 1 fully saturated rings. The molecule has 120 valence electrons. The van der Waals surface area contributed by atoms with Crippen LogP contribution in [0.3, 0.4) is 0 Å². The number of halogens is 2. The summed E-state index contributed by atoms with van der Waals surface area (Å²) in [4.78, 5) is 25.3. The van der Waals surface area contributed by atoms with Crippen molar-refractivity contribution in [2.75, 3.05) is 19.6 Å². The maximum absolute atomic E-state index is 12.2. The summed E-state index contributed by atoms with van der Waals surface area (Å²) in [5.41, 5.74) is 0.992. The number of hydrogen-bond acceptors (Lipinski definition) is 2. The van der Waals surface area contributed by atoms with Crippen LogP contribution in [0.1, 0.15) is 25.3 Å². The molecule has 1 aromatic rings. The van der Waals surface area contributed by atoms with E-state index in [1.54, 1.807) is 17.9 Å². The van der Waals surface area contributed by atoms with E-state index >= 15 is 0 Å². The van der Waals surface area contributed by atoms with Gasteiger partial charge in [-0.1, -0.05) is 23.2 Å². The lowest BCUT2D eigenvalue weighted by molar-refractivity contribution is -0.133. The highest BCUT2D eigenvalue weighted by Crippen LogP contribution is 2.19. The minimum atomic E-state index is -0.111. The molecule has 1 aliphatic heterocycles. The first kappa shape index (κ1) is 17.1.